The summed E-state index contributed by atoms with van der Waals surface area (Å²) in [5.41, 5.74) is 1.00. The molecule has 2 fully saturated rings. The SMILES string of the molecule is COc1cc(N2C[C@H]3CC[C@@H](C2)[C@@H]3Nc2nc3n(n2)CCO[C@H]3c2ccc(F)c(F)c2F)ccn1. The zero-order valence-electron chi connectivity index (χ0n) is 19.1. The number of rotatable bonds is 5. The molecule has 2 bridgehead atoms. The Morgan fingerprint density at radius 2 is 1.89 bits per heavy atom. The van der Waals surface area contributed by atoms with Crippen LogP contribution in [0, 0.1) is 29.3 Å². The smallest absolute Gasteiger partial charge is 0.242 e. The second-order valence-electron chi connectivity index (χ2n) is 9.26. The van der Waals surface area contributed by atoms with Gasteiger partial charge in [0.1, 0.15) is 6.10 Å². The van der Waals surface area contributed by atoms with Crippen LogP contribution >= 0.6 is 0 Å². The van der Waals surface area contributed by atoms with Crippen molar-refractivity contribution in [3.63, 3.8) is 0 Å². The Morgan fingerprint density at radius 1 is 1.09 bits per heavy atom. The molecule has 3 aliphatic rings. The topological polar surface area (TPSA) is 77.3 Å². The van der Waals surface area contributed by atoms with Crippen molar-refractivity contribution in [2.75, 3.05) is 37.0 Å². The zero-order valence-corrected chi connectivity index (χ0v) is 19.1. The molecule has 11 heteroatoms. The molecule has 184 valence electrons. The first-order valence-electron chi connectivity index (χ1n) is 11.7. The van der Waals surface area contributed by atoms with Crippen LogP contribution in [-0.4, -0.2) is 52.6 Å². The molecule has 1 aromatic carbocycles. The third-order valence-electron chi connectivity index (χ3n) is 7.29. The van der Waals surface area contributed by atoms with Crippen LogP contribution < -0.4 is 15.0 Å². The molecule has 0 unspecified atom stereocenters. The number of ether oxygens (including phenoxy) is 2. The van der Waals surface area contributed by atoms with Gasteiger partial charge >= 0.3 is 0 Å². The molecule has 1 aliphatic carbocycles. The van der Waals surface area contributed by atoms with Crippen LogP contribution in [0.25, 0.3) is 0 Å². The predicted octanol–water partition coefficient (Wildman–Crippen LogP) is 3.55. The first-order valence-corrected chi connectivity index (χ1v) is 11.7. The van der Waals surface area contributed by atoms with Gasteiger partial charge in [-0.2, -0.15) is 4.98 Å². The maximum absolute atomic E-state index is 14.5. The molecule has 6 rings (SSSR count). The molecule has 8 nitrogen and oxygen atoms in total. The number of hydrogen-bond acceptors (Lipinski definition) is 7. The normalized spacial score (nSPS) is 25.4. The molecule has 1 saturated heterocycles. The second kappa shape index (κ2) is 8.71. The van der Waals surface area contributed by atoms with Gasteiger partial charge in [0, 0.05) is 42.6 Å². The van der Waals surface area contributed by atoms with Crippen LogP contribution in [0.1, 0.15) is 30.3 Å². The van der Waals surface area contributed by atoms with Gasteiger partial charge in [-0.05, 0) is 42.9 Å². The summed E-state index contributed by atoms with van der Waals surface area (Å²) in [6.07, 6.45) is 3.00. The fourth-order valence-electron chi connectivity index (χ4n) is 5.60. The van der Waals surface area contributed by atoms with E-state index in [-0.39, 0.29) is 18.2 Å². The Kier molecular flexibility index (Phi) is 5.51. The molecule has 3 aromatic rings. The van der Waals surface area contributed by atoms with Gasteiger partial charge < -0.3 is 19.7 Å². The lowest BCUT2D eigenvalue weighted by Crippen LogP contribution is -2.48. The molecule has 35 heavy (non-hydrogen) atoms. The lowest BCUT2D eigenvalue weighted by atomic mass is 9.92. The van der Waals surface area contributed by atoms with Crippen LogP contribution in [0.3, 0.4) is 0 Å². The van der Waals surface area contributed by atoms with Crippen molar-refractivity contribution in [1.29, 1.82) is 0 Å². The van der Waals surface area contributed by atoms with Crippen molar-refractivity contribution in [1.82, 2.24) is 19.7 Å². The van der Waals surface area contributed by atoms with E-state index < -0.39 is 23.6 Å². The number of benzene rings is 1. The van der Waals surface area contributed by atoms with Crippen molar-refractivity contribution >= 4 is 11.6 Å². The van der Waals surface area contributed by atoms with Crippen molar-refractivity contribution in [3.8, 4) is 5.88 Å². The van der Waals surface area contributed by atoms with Gasteiger partial charge in [0.15, 0.2) is 23.3 Å². The quantitative estimate of drug-likeness (QED) is 0.553. The van der Waals surface area contributed by atoms with Gasteiger partial charge in [0.2, 0.25) is 11.8 Å². The molecule has 0 amide bonds. The van der Waals surface area contributed by atoms with E-state index >= 15 is 0 Å². The highest BCUT2D eigenvalue weighted by Gasteiger charge is 2.43. The predicted molar refractivity (Wildman–Crippen MR) is 121 cm³/mol. The maximum atomic E-state index is 14.5. The number of halogens is 3. The molecule has 0 radical (unpaired) electrons. The molecule has 4 atom stereocenters. The summed E-state index contributed by atoms with van der Waals surface area (Å²) in [6, 6.07) is 6.25. The van der Waals surface area contributed by atoms with Crippen LogP contribution in [0.5, 0.6) is 5.88 Å². The lowest BCUT2D eigenvalue weighted by Gasteiger charge is -2.39. The molecule has 4 heterocycles. The number of nitrogens with one attached hydrogen (secondary N) is 1. The minimum absolute atomic E-state index is 0.0926. The third-order valence-corrected chi connectivity index (χ3v) is 7.29. The summed E-state index contributed by atoms with van der Waals surface area (Å²) >= 11 is 0. The Hall–Kier alpha value is -3.34. The van der Waals surface area contributed by atoms with E-state index in [0.717, 1.165) is 37.7 Å². The standard InChI is InChI=1S/C24H25F3N6O2/c1-34-18-10-15(6-7-28-18)32-11-13-2-3-14(12-32)21(13)29-24-30-23-22(35-9-8-33(23)31-24)16-4-5-17(25)20(27)19(16)26/h4-7,10,13-14,21-22H,2-3,8-9,11-12H2,1H3,(H,29,31)/t13-,14+,21-,22-/m0/s1. The highest BCUT2D eigenvalue weighted by atomic mass is 19.2. The van der Waals surface area contributed by atoms with Crippen molar-refractivity contribution in [3.05, 3.63) is 59.3 Å². The van der Waals surface area contributed by atoms with Crippen molar-refractivity contribution in [2.45, 2.75) is 31.5 Å². The molecular weight excluding hydrogens is 461 g/mol. The Balaban J connectivity index is 1.21. The van der Waals surface area contributed by atoms with Crippen molar-refractivity contribution in [2.24, 2.45) is 11.8 Å². The summed E-state index contributed by atoms with van der Waals surface area (Å²) in [6.45, 7) is 2.49. The van der Waals surface area contributed by atoms with E-state index in [9.17, 15) is 13.2 Å². The number of aromatic nitrogens is 4. The van der Waals surface area contributed by atoms with Gasteiger partial charge in [-0.15, -0.1) is 5.10 Å². The number of fused-ring (bicyclic) bond motifs is 3. The van der Waals surface area contributed by atoms with E-state index in [2.05, 4.69) is 25.3 Å². The highest BCUT2D eigenvalue weighted by Crippen LogP contribution is 2.40. The van der Waals surface area contributed by atoms with Crippen LogP contribution in [0.2, 0.25) is 0 Å². The van der Waals surface area contributed by atoms with Crippen LogP contribution in [0.15, 0.2) is 30.5 Å². The summed E-state index contributed by atoms with van der Waals surface area (Å²) < 4.78 is 54.4. The second-order valence-corrected chi connectivity index (χ2v) is 9.26. The minimum Gasteiger partial charge on any atom is -0.481 e. The molecular formula is C24H25F3N6O2. The average molecular weight is 486 g/mol. The summed E-state index contributed by atoms with van der Waals surface area (Å²) in [5.74, 6) is -1.80. The average Bonchev–Trinajstić information content (AvgIpc) is 3.38. The Morgan fingerprint density at radius 3 is 2.66 bits per heavy atom. The van der Waals surface area contributed by atoms with Gasteiger partial charge in [-0.1, -0.05) is 0 Å². The summed E-state index contributed by atoms with van der Waals surface area (Å²) in [5, 5.41) is 8.08. The highest BCUT2D eigenvalue weighted by molar-refractivity contribution is 5.49. The van der Waals surface area contributed by atoms with Crippen LogP contribution in [0.4, 0.5) is 24.8 Å². The van der Waals surface area contributed by atoms with Gasteiger partial charge in [0.05, 0.1) is 20.3 Å². The number of anilines is 2. The zero-order chi connectivity index (χ0) is 24.1. The largest absolute Gasteiger partial charge is 0.481 e. The van der Waals surface area contributed by atoms with Gasteiger partial charge in [0.25, 0.3) is 0 Å². The minimum atomic E-state index is -1.52. The first-order chi connectivity index (χ1) is 17.0. The first kappa shape index (κ1) is 22.1. The molecule has 2 aliphatic heterocycles. The number of hydrogen-bond donors (Lipinski definition) is 1. The molecule has 1 N–H and O–H groups in total. The number of piperidine rings is 1. The maximum Gasteiger partial charge on any atom is 0.242 e. The number of nitrogens with zero attached hydrogens (tertiary/aromatic N) is 5. The number of pyridine rings is 1. The number of methoxy groups -OCH3 is 1. The molecule has 2 aromatic heterocycles. The van der Waals surface area contributed by atoms with E-state index in [1.54, 1.807) is 18.0 Å². The fourth-order valence-corrected chi connectivity index (χ4v) is 5.60. The lowest BCUT2D eigenvalue weighted by molar-refractivity contribution is 0.0364. The van der Waals surface area contributed by atoms with Crippen molar-refractivity contribution < 1.29 is 22.6 Å². The third kappa shape index (κ3) is 3.87. The Labute approximate surface area is 200 Å². The van der Waals surface area contributed by atoms with E-state index in [1.165, 1.54) is 6.07 Å². The summed E-state index contributed by atoms with van der Waals surface area (Å²) in [7, 11) is 1.61. The van der Waals surface area contributed by atoms with E-state index in [4.69, 9.17) is 9.47 Å². The van der Waals surface area contributed by atoms with Crippen LogP contribution in [-0.2, 0) is 11.3 Å². The fraction of sp³-hybridized carbons (Fsp3) is 0.458. The summed E-state index contributed by atoms with van der Waals surface area (Å²) in [4.78, 5) is 11.2. The van der Waals surface area contributed by atoms with Gasteiger partial charge in [-0.3, -0.25) is 0 Å². The van der Waals surface area contributed by atoms with Gasteiger partial charge in [-0.25, -0.2) is 22.8 Å². The van der Waals surface area contributed by atoms with E-state index in [1.807, 2.05) is 12.1 Å². The monoisotopic (exact) mass is 486 g/mol. The molecule has 1 saturated carbocycles. The molecule has 0 spiro atoms. The van der Waals surface area contributed by atoms with E-state index in [0.29, 0.717) is 36.0 Å². The Bertz CT molecular complexity index is 1240.